The number of alkyl halides is 1. The maximum Gasteiger partial charge on any atom is 0.169 e. The highest BCUT2D eigenvalue weighted by Crippen LogP contribution is 2.60. The van der Waals surface area contributed by atoms with Crippen LogP contribution in [0.1, 0.15) is 24.0 Å². The second-order valence-electron chi connectivity index (χ2n) is 7.07. The van der Waals surface area contributed by atoms with Crippen LogP contribution in [0.5, 0.6) is 11.5 Å². The van der Waals surface area contributed by atoms with Crippen molar-refractivity contribution in [3.05, 3.63) is 29.3 Å². The van der Waals surface area contributed by atoms with E-state index in [0.29, 0.717) is 6.04 Å². The SMILES string of the molecule is COc1ccc2c(c1OC)C1=CC(=O)C(Br)CC13CCN(C)C3C2. The zero-order valence-electron chi connectivity index (χ0n) is 14.3. The van der Waals surface area contributed by atoms with E-state index in [1.165, 1.54) is 5.56 Å². The predicted octanol–water partition coefficient (Wildman–Crippen LogP) is 3.07. The fourth-order valence-corrected chi connectivity index (χ4v) is 5.60. The molecule has 1 spiro atoms. The molecule has 1 aliphatic heterocycles. The standard InChI is InChI=1S/C19H22BrNO3/c1-21-7-6-19-10-13(20)14(22)9-12(19)17-11(8-16(19)21)4-5-15(23-2)18(17)24-3/h4-5,9,13,16H,6-8,10H2,1-3H3. The number of carbonyl (C=O) groups is 1. The summed E-state index contributed by atoms with van der Waals surface area (Å²) in [5, 5.41) is 0. The Bertz CT molecular complexity index is 744. The molecule has 1 heterocycles. The molecule has 0 bridgehead atoms. The van der Waals surface area contributed by atoms with Gasteiger partial charge in [0.1, 0.15) is 0 Å². The van der Waals surface area contributed by atoms with Crippen LogP contribution in [-0.2, 0) is 11.2 Å². The molecule has 5 heteroatoms. The van der Waals surface area contributed by atoms with Gasteiger partial charge in [0.15, 0.2) is 17.3 Å². The van der Waals surface area contributed by atoms with Gasteiger partial charge in [0.2, 0.25) is 0 Å². The molecule has 1 aromatic carbocycles. The van der Waals surface area contributed by atoms with Gasteiger partial charge < -0.3 is 14.4 Å². The number of ketones is 1. The van der Waals surface area contributed by atoms with Gasteiger partial charge in [0, 0.05) is 17.0 Å². The van der Waals surface area contributed by atoms with E-state index in [-0.39, 0.29) is 16.0 Å². The predicted molar refractivity (Wildman–Crippen MR) is 97.0 cm³/mol. The second kappa shape index (κ2) is 5.60. The molecule has 3 atom stereocenters. The smallest absolute Gasteiger partial charge is 0.169 e. The van der Waals surface area contributed by atoms with Gasteiger partial charge in [-0.05, 0) is 56.1 Å². The topological polar surface area (TPSA) is 38.8 Å². The third-order valence-corrected chi connectivity index (χ3v) is 6.85. The van der Waals surface area contributed by atoms with E-state index in [0.717, 1.165) is 48.4 Å². The lowest BCUT2D eigenvalue weighted by molar-refractivity contribution is -0.114. The molecule has 3 unspecified atom stereocenters. The number of carbonyl (C=O) groups excluding carboxylic acids is 1. The van der Waals surface area contributed by atoms with E-state index < -0.39 is 0 Å². The summed E-state index contributed by atoms with van der Waals surface area (Å²) in [4.78, 5) is 14.8. The molecule has 0 amide bonds. The van der Waals surface area contributed by atoms with Crippen molar-refractivity contribution >= 4 is 27.3 Å². The fourth-order valence-electron chi connectivity index (χ4n) is 4.89. The molecule has 4 nitrogen and oxygen atoms in total. The fraction of sp³-hybridized carbons (Fsp3) is 0.526. The van der Waals surface area contributed by atoms with Crippen LogP contribution >= 0.6 is 15.9 Å². The molecule has 0 aromatic heterocycles. The molecule has 2 aliphatic carbocycles. The Morgan fingerprint density at radius 1 is 1.29 bits per heavy atom. The summed E-state index contributed by atoms with van der Waals surface area (Å²) in [5.41, 5.74) is 3.49. The Morgan fingerprint density at radius 2 is 2.08 bits per heavy atom. The average molecular weight is 392 g/mol. The summed E-state index contributed by atoms with van der Waals surface area (Å²) in [6.07, 6.45) is 4.77. The number of fused-ring (bicyclic) bond motifs is 2. The molecule has 1 saturated heterocycles. The van der Waals surface area contributed by atoms with E-state index in [2.05, 4.69) is 33.9 Å². The number of hydrogen-bond acceptors (Lipinski definition) is 4. The minimum absolute atomic E-state index is 0.0173. The number of hydrogen-bond donors (Lipinski definition) is 0. The number of ether oxygens (including phenoxy) is 2. The van der Waals surface area contributed by atoms with Crippen LogP contribution in [0, 0.1) is 5.41 Å². The highest BCUT2D eigenvalue weighted by Gasteiger charge is 2.55. The molecule has 3 aliphatic rings. The zero-order valence-corrected chi connectivity index (χ0v) is 15.9. The van der Waals surface area contributed by atoms with Crippen LogP contribution in [-0.4, -0.2) is 49.4 Å². The van der Waals surface area contributed by atoms with Gasteiger partial charge in [0.05, 0.1) is 19.0 Å². The van der Waals surface area contributed by atoms with Crippen molar-refractivity contribution in [2.75, 3.05) is 27.8 Å². The largest absolute Gasteiger partial charge is 0.493 e. The molecule has 0 saturated carbocycles. The summed E-state index contributed by atoms with van der Waals surface area (Å²) in [5.74, 6) is 1.64. The van der Waals surface area contributed by atoms with Crippen molar-refractivity contribution in [3.8, 4) is 11.5 Å². The Kier molecular flexibility index (Phi) is 3.77. The van der Waals surface area contributed by atoms with Crippen LogP contribution < -0.4 is 9.47 Å². The monoisotopic (exact) mass is 391 g/mol. The van der Waals surface area contributed by atoms with Crippen LogP contribution in [0.15, 0.2) is 18.2 Å². The third kappa shape index (κ3) is 2.04. The Hall–Kier alpha value is -1.33. The first-order valence-electron chi connectivity index (χ1n) is 8.36. The Labute approximate surface area is 150 Å². The Morgan fingerprint density at radius 3 is 2.79 bits per heavy atom. The molecule has 1 fully saturated rings. The van der Waals surface area contributed by atoms with Crippen molar-refractivity contribution < 1.29 is 14.3 Å². The molecule has 0 radical (unpaired) electrons. The minimum atomic E-state index is -0.0894. The number of likely N-dealkylation sites (N-methyl/N-ethyl adjacent to an activating group) is 1. The van der Waals surface area contributed by atoms with E-state index >= 15 is 0 Å². The lowest BCUT2D eigenvalue weighted by Gasteiger charge is -2.47. The highest BCUT2D eigenvalue weighted by atomic mass is 79.9. The summed E-state index contributed by atoms with van der Waals surface area (Å²) in [6, 6.07) is 4.53. The summed E-state index contributed by atoms with van der Waals surface area (Å²) in [7, 11) is 5.53. The van der Waals surface area contributed by atoms with Gasteiger partial charge in [-0.3, -0.25) is 4.79 Å². The van der Waals surface area contributed by atoms with Gasteiger partial charge >= 0.3 is 0 Å². The zero-order chi connectivity index (χ0) is 17.1. The first kappa shape index (κ1) is 16.2. The maximum atomic E-state index is 12.5. The third-order valence-electron chi connectivity index (χ3n) is 6.07. The highest BCUT2D eigenvalue weighted by molar-refractivity contribution is 9.10. The molecule has 0 N–H and O–H groups in total. The first-order chi connectivity index (χ1) is 11.5. The lowest BCUT2D eigenvalue weighted by atomic mass is 9.60. The van der Waals surface area contributed by atoms with Crippen molar-refractivity contribution in [1.82, 2.24) is 4.90 Å². The van der Waals surface area contributed by atoms with E-state index in [1.807, 2.05) is 12.1 Å². The van der Waals surface area contributed by atoms with Gasteiger partial charge in [0.25, 0.3) is 0 Å². The van der Waals surface area contributed by atoms with Crippen molar-refractivity contribution in [2.45, 2.75) is 30.1 Å². The molecule has 24 heavy (non-hydrogen) atoms. The number of nitrogens with zero attached hydrogens (tertiary/aromatic N) is 1. The molecule has 4 rings (SSSR count). The molecule has 1 aromatic rings. The van der Waals surface area contributed by atoms with Crippen LogP contribution in [0.3, 0.4) is 0 Å². The average Bonchev–Trinajstić information content (AvgIpc) is 2.89. The lowest BCUT2D eigenvalue weighted by Crippen LogP contribution is -2.47. The number of halogens is 1. The van der Waals surface area contributed by atoms with Crippen molar-refractivity contribution in [1.29, 1.82) is 0 Å². The number of allylic oxidation sites excluding steroid dienone is 1. The molecule has 128 valence electrons. The van der Waals surface area contributed by atoms with Crippen LogP contribution in [0.25, 0.3) is 5.57 Å². The quantitative estimate of drug-likeness (QED) is 0.726. The van der Waals surface area contributed by atoms with Crippen LogP contribution in [0.2, 0.25) is 0 Å². The van der Waals surface area contributed by atoms with Gasteiger partial charge in [-0.1, -0.05) is 22.0 Å². The number of likely N-dealkylation sites (tertiary alicyclic amines) is 1. The normalized spacial score (nSPS) is 31.8. The van der Waals surface area contributed by atoms with E-state index in [4.69, 9.17) is 9.47 Å². The second-order valence-corrected chi connectivity index (χ2v) is 8.18. The molecular weight excluding hydrogens is 370 g/mol. The molecular formula is C19H22BrNO3. The van der Waals surface area contributed by atoms with Crippen molar-refractivity contribution in [2.24, 2.45) is 5.41 Å². The van der Waals surface area contributed by atoms with Gasteiger partial charge in [-0.15, -0.1) is 0 Å². The van der Waals surface area contributed by atoms with Crippen molar-refractivity contribution in [3.63, 3.8) is 0 Å². The van der Waals surface area contributed by atoms with Gasteiger partial charge in [-0.25, -0.2) is 0 Å². The first-order valence-corrected chi connectivity index (χ1v) is 9.28. The number of rotatable bonds is 2. The Balaban J connectivity index is 2.00. The summed E-state index contributed by atoms with van der Waals surface area (Å²) >= 11 is 3.60. The van der Waals surface area contributed by atoms with E-state index in [1.54, 1.807) is 14.2 Å². The van der Waals surface area contributed by atoms with Gasteiger partial charge in [-0.2, -0.15) is 0 Å². The van der Waals surface area contributed by atoms with E-state index in [9.17, 15) is 4.79 Å². The summed E-state index contributed by atoms with van der Waals surface area (Å²) < 4.78 is 11.2. The van der Waals surface area contributed by atoms with Crippen LogP contribution in [0.4, 0.5) is 0 Å². The number of benzene rings is 1. The number of methoxy groups -OCH3 is 2. The minimum Gasteiger partial charge on any atom is -0.493 e. The maximum absolute atomic E-state index is 12.5. The summed E-state index contributed by atoms with van der Waals surface area (Å²) in [6.45, 7) is 1.06.